The summed E-state index contributed by atoms with van der Waals surface area (Å²) in [7, 11) is 3.02. The molecule has 0 aliphatic rings. The van der Waals surface area contributed by atoms with Gasteiger partial charge in [-0.15, -0.1) is 0 Å². The number of ether oxygens (including phenoxy) is 1. The predicted octanol–water partition coefficient (Wildman–Crippen LogP) is 1.17. The number of rotatable bonds is 5. The number of aliphatic carboxylic acids is 1. The Hall–Kier alpha value is -2.04. The van der Waals surface area contributed by atoms with Crippen LogP contribution in [0.2, 0.25) is 0 Å². The lowest BCUT2D eigenvalue weighted by molar-refractivity contribution is -0.145. The Morgan fingerprint density at radius 1 is 1.33 bits per heavy atom. The summed E-state index contributed by atoms with van der Waals surface area (Å²) in [5, 5.41) is 11.8. The standard InChI is InChI=1S/C13H17NO4/c1-13(12(16)17,8-11(15)14-2)9-4-6-10(18-3)7-5-9/h4-7H,8H2,1-3H3,(H,14,15)(H,16,17)/t13-/m0/s1. The fourth-order valence-corrected chi connectivity index (χ4v) is 1.67. The van der Waals surface area contributed by atoms with Crippen LogP contribution in [0, 0.1) is 0 Å². The van der Waals surface area contributed by atoms with Gasteiger partial charge in [0.05, 0.1) is 12.5 Å². The highest BCUT2D eigenvalue weighted by Crippen LogP contribution is 2.29. The van der Waals surface area contributed by atoms with Crippen LogP contribution >= 0.6 is 0 Å². The van der Waals surface area contributed by atoms with Crippen LogP contribution in [-0.2, 0) is 15.0 Å². The summed E-state index contributed by atoms with van der Waals surface area (Å²) in [5.41, 5.74) is -0.675. The van der Waals surface area contributed by atoms with E-state index < -0.39 is 11.4 Å². The van der Waals surface area contributed by atoms with Gasteiger partial charge in [-0.25, -0.2) is 0 Å². The van der Waals surface area contributed by atoms with Crippen molar-refractivity contribution in [2.45, 2.75) is 18.8 Å². The van der Waals surface area contributed by atoms with Gasteiger partial charge in [-0.3, -0.25) is 9.59 Å². The van der Waals surface area contributed by atoms with Crippen molar-refractivity contribution in [1.29, 1.82) is 0 Å². The molecule has 2 N–H and O–H groups in total. The first-order valence-electron chi connectivity index (χ1n) is 5.52. The smallest absolute Gasteiger partial charge is 0.314 e. The van der Waals surface area contributed by atoms with E-state index in [9.17, 15) is 14.7 Å². The number of carbonyl (C=O) groups is 2. The minimum Gasteiger partial charge on any atom is -0.497 e. The molecule has 5 nitrogen and oxygen atoms in total. The Labute approximate surface area is 106 Å². The molecule has 0 spiro atoms. The lowest BCUT2D eigenvalue weighted by atomic mass is 9.79. The van der Waals surface area contributed by atoms with Gasteiger partial charge in [0, 0.05) is 13.5 Å². The lowest BCUT2D eigenvalue weighted by Crippen LogP contribution is -2.37. The quantitative estimate of drug-likeness (QED) is 0.823. The van der Waals surface area contributed by atoms with Crippen LogP contribution in [-0.4, -0.2) is 31.1 Å². The zero-order chi connectivity index (χ0) is 13.8. The van der Waals surface area contributed by atoms with Crippen molar-refractivity contribution >= 4 is 11.9 Å². The molecule has 1 rings (SSSR count). The molecule has 0 bridgehead atoms. The van der Waals surface area contributed by atoms with Crippen LogP contribution in [0.4, 0.5) is 0 Å². The predicted molar refractivity (Wildman–Crippen MR) is 66.7 cm³/mol. The summed E-state index contributed by atoms with van der Waals surface area (Å²) >= 11 is 0. The van der Waals surface area contributed by atoms with Crippen LogP contribution in [0.1, 0.15) is 18.9 Å². The van der Waals surface area contributed by atoms with Crippen molar-refractivity contribution in [3.8, 4) is 5.75 Å². The monoisotopic (exact) mass is 251 g/mol. The van der Waals surface area contributed by atoms with E-state index in [0.717, 1.165) is 0 Å². The van der Waals surface area contributed by atoms with Gasteiger partial charge in [-0.05, 0) is 24.6 Å². The van der Waals surface area contributed by atoms with E-state index in [1.54, 1.807) is 24.3 Å². The first kappa shape index (κ1) is 14.0. The second-order valence-corrected chi connectivity index (χ2v) is 4.22. The normalized spacial score (nSPS) is 13.5. The summed E-state index contributed by atoms with van der Waals surface area (Å²) in [6.45, 7) is 1.53. The van der Waals surface area contributed by atoms with E-state index in [-0.39, 0.29) is 12.3 Å². The highest BCUT2D eigenvalue weighted by Gasteiger charge is 2.37. The third kappa shape index (κ3) is 2.80. The van der Waals surface area contributed by atoms with Gasteiger partial charge in [0.25, 0.3) is 0 Å². The van der Waals surface area contributed by atoms with Gasteiger partial charge < -0.3 is 15.2 Å². The molecule has 0 heterocycles. The second-order valence-electron chi connectivity index (χ2n) is 4.22. The molecule has 1 aromatic carbocycles. The molecule has 5 heteroatoms. The number of methoxy groups -OCH3 is 1. The highest BCUT2D eigenvalue weighted by atomic mass is 16.5. The van der Waals surface area contributed by atoms with Gasteiger partial charge in [-0.1, -0.05) is 12.1 Å². The first-order chi connectivity index (χ1) is 8.43. The molecule has 0 radical (unpaired) electrons. The van der Waals surface area contributed by atoms with Crippen LogP contribution in [0.15, 0.2) is 24.3 Å². The van der Waals surface area contributed by atoms with Crippen molar-refractivity contribution in [3.63, 3.8) is 0 Å². The summed E-state index contributed by atoms with van der Waals surface area (Å²) in [6.07, 6.45) is -0.106. The fourth-order valence-electron chi connectivity index (χ4n) is 1.67. The molecule has 0 aliphatic carbocycles. The maximum atomic E-state index is 11.4. The second kappa shape index (κ2) is 5.53. The van der Waals surface area contributed by atoms with Crippen LogP contribution in [0.5, 0.6) is 5.75 Å². The van der Waals surface area contributed by atoms with Gasteiger partial charge in [0.15, 0.2) is 0 Å². The molecule has 0 saturated heterocycles. The molecule has 0 aromatic heterocycles. The van der Waals surface area contributed by atoms with Crippen molar-refractivity contribution in [2.24, 2.45) is 0 Å². The average molecular weight is 251 g/mol. The maximum absolute atomic E-state index is 11.4. The zero-order valence-electron chi connectivity index (χ0n) is 10.7. The molecule has 0 fully saturated rings. The molecule has 0 unspecified atom stereocenters. The number of hydrogen-bond acceptors (Lipinski definition) is 3. The minimum absolute atomic E-state index is 0.106. The van der Waals surface area contributed by atoms with Crippen LogP contribution in [0.25, 0.3) is 0 Å². The molecule has 18 heavy (non-hydrogen) atoms. The Bertz CT molecular complexity index is 441. The van der Waals surface area contributed by atoms with E-state index in [1.165, 1.54) is 21.1 Å². The largest absolute Gasteiger partial charge is 0.497 e. The van der Waals surface area contributed by atoms with E-state index in [1.807, 2.05) is 0 Å². The summed E-state index contributed by atoms with van der Waals surface area (Å²) < 4.78 is 5.02. The summed E-state index contributed by atoms with van der Waals surface area (Å²) in [4.78, 5) is 22.8. The number of amides is 1. The molecule has 0 aliphatic heterocycles. The van der Waals surface area contributed by atoms with Gasteiger partial charge in [0.2, 0.25) is 5.91 Å². The number of benzene rings is 1. The molecule has 1 aromatic rings. The third-order valence-corrected chi connectivity index (χ3v) is 2.99. The van der Waals surface area contributed by atoms with E-state index in [0.29, 0.717) is 11.3 Å². The molecule has 0 saturated carbocycles. The topological polar surface area (TPSA) is 75.6 Å². The average Bonchev–Trinajstić information content (AvgIpc) is 2.38. The molecule has 98 valence electrons. The van der Waals surface area contributed by atoms with Crippen molar-refractivity contribution < 1.29 is 19.4 Å². The van der Waals surface area contributed by atoms with Gasteiger partial charge in [0.1, 0.15) is 5.75 Å². The molecular weight excluding hydrogens is 234 g/mol. The lowest BCUT2D eigenvalue weighted by Gasteiger charge is -2.24. The highest BCUT2D eigenvalue weighted by molar-refractivity contribution is 5.89. The molecular formula is C13H17NO4. The number of hydrogen-bond donors (Lipinski definition) is 2. The van der Waals surface area contributed by atoms with Gasteiger partial charge in [-0.2, -0.15) is 0 Å². The fraction of sp³-hybridized carbons (Fsp3) is 0.385. The maximum Gasteiger partial charge on any atom is 0.314 e. The van der Waals surface area contributed by atoms with Crippen LogP contribution < -0.4 is 10.1 Å². The number of carbonyl (C=O) groups excluding carboxylic acids is 1. The number of carboxylic acid groups (broad SMARTS) is 1. The SMILES string of the molecule is CNC(=O)C[C@](C)(C(=O)O)c1ccc(OC)cc1. The zero-order valence-corrected chi connectivity index (χ0v) is 10.7. The Morgan fingerprint density at radius 3 is 2.28 bits per heavy atom. The Balaban J connectivity index is 3.10. The van der Waals surface area contributed by atoms with E-state index >= 15 is 0 Å². The first-order valence-corrected chi connectivity index (χ1v) is 5.52. The minimum atomic E-state index is -1.24. The molecule has 1 atom stereocenters. The number of carboxylic acids is 1. The Morgan fingerprint density at radius 2 is 1.89 bits per heavy atom. The van der Waals surface area contributed by atoms with Gasteiger partial charge >= 0.3 is 5.97 Å². The summed E-state index contributed by atoms with van der Waals surface area (Å²) in [5.74, 6) is -0.696. The third-order valence-electron chi connectivity index (χ3n) is 2.99. The molecule has 1 amide bonds. The van der Waals surface area contributed by atoms with Crippen molar-refractivity contribution in [1.82, 2.24) is 5.32 Å². The van der Waals surface area contributed by atoms with E-state index in [4.69, 9.17) is 4.74 Å². The van der Waals surface area contributed by atoms with Crippen molar-refractivity contribution in [3.05, 3.63) is 29.8 Å². The Kier molecular flexibility index (Phi) is 4.31. The number of nitrogens with one attached hydrogen (secondary N) is 1. The van der Waals surface area contributed by atoms with Crippen LogP contribution in [0.3, 0.4) is 0 Å². The van der Waals surface area contributed by atoms with Crippen molar-refractivity contribution in [2.75, 3.05) is 14.2 Å². The van der Waals surface area contributed by atoms with E-state index in [2.05, 4.69) is 5.32 Å². The summed E-state index contributed by atoms with van der Waals surface area (Å²) in [6, 6.07) is 6.69.